The molecule has 0 atom stereocenters. The maximum atomic E-state index is 13.8. The monoisotopic (exact) mass is 501 g/mol. The molecule has 0 fully saturated rings. The molecule has 0 saturated heterocycles. The summed E-state index contributed by atoms with van der Waals surface area (Å²) < 4.78 is 2.47. The highest BCUT2D eigenvalue weighted by Crippen LogP contribution is 2.34. The second-order valence-corrected chi connectivity index (χ2v) is 8.54. The fourth-order valence-corrected chi connectivity index (χ4v) is 3.77. The molecule has 0 saturated carbocycles. The number of hydrogen-bond donors (Lipinski definition) is 1. The van der Waals surface area contributed by atoms with Gasteiger partial charge in [0.1, 0.15) is 0 Å². The molecule has 0 radical (unpaired) electrons. The van der Waals surface area contributed by atoms with Gasteiger partial charge in [0, 0.05) is 28.6 Å². The third kappa shape index (κ3) is 5.26. The van der Waals surface area contributed by atoms with Gasteiger partial charge in [0.05, 0.1) is 12.1 Å². The van der Waals surface area contributed by atoms with Crippen LogP contribution in [0, 0.1) is 6.92 Å². The molecule has 33 heavy (non-hydrogen) atoms. The van der Waals surface area contributed by atoms with Gasteiger partial charge in [0.2, 0.25) is 0 Å². The van der Waals surface area contributed by atoms with Crippen LogP contribution in [0.3, 0.4) is 0 Å². The second-order valence-electron chi connectivity index (χ2n) is 7.62. The zero-order valence-corrected chi connectivity index (χ0v) is 20.1. The highest BCUT2D eigenvalue weighted by atomic mass is 79.9. The first-order chi connectivity index (χ1) is 16.1. The van der Waals surface area contributed by atoms with Crippen molar-refractivity contribution in [3.8, 4) is 22.3 Å². The lowest BCUT2D eigenvalue weighted by molar-refractivity contribution is 0.644. The van der Waals surface area contributed by atoms with Crippen LogP contribution in [0.25, 0.3) is 22.3 Å². The molecule has 0 aliphatic rings. The average molecular weight is 502 g/mol. The van der Waals surface area contributed by atoms with Gasteiger partial charge in [0.15, 0.2) is 5.82 Å². The van der Waals surface area contributed by atoms with Crippen molar-refractivity contribution in [1.29, 1.82) is 0 Å². The zero-order chi connectivity index (χ0) is 23.2. The molecule has 2 aromatic carbocycles. The largest absolute Gasteiger partial charge is 0.275 e. The fourth-order valence-electron chi connectivity index (χ4n) is 3.50. The summed E-state index contributed by atoms with van der Waals surface area (Å²) in [6.45, 7) is 4.38. The van der Waals surface area contributed by atoms with Crippen molar-refractivity contribution in [3.63, 3.8) is 0 Å². The summed E-state index contributed by atoms with van der Waals surface area (Å²) in [4.78, 5) is 17.9. The summed E-state index contributed by atoms with van der Waals surface area (Å²) in [5, 5.41) is 9.02. The Bertz CT molecular complexity index is 1310. The number of nitrogens with zero attached hydrogens (tertiary/aromatic N) is 4. The van der Waals surface area contributed by atoms with Crippen molar-refractivity contribution in [2.75, 3.05) is 5.43 Å². The number of rotatable bonds is 7. The maximum Gasteiger partial charge on any atom is 0.275 e. The maximum absolute atomic E-state index is 13.8. The number of halogens is 1. The minimum atomic E-state index is -0.176. The van der Waals surface area contributed by atoms with Crippen molar-refractivity contribution in [1.82, 2.24) is 14.8 Å². The van der Waals surface area contributed by atoms with Crippen LogP contribution in [0.1, 0.15) is 24.5 Å². The van der Waals surface area contributed by atoms with Gasteiger partial charge in [-0.2, -0.15) is 5.10 Å². The normalized spacial score (nSPS) is 11.1. The number of aromatic nitrogens is 3. The van der Waals surface area contributed by atoms with E-state index < -0.39 is 0 Å². The van der Waals surface area contributed by atoms with Crippen molar-refractivity contribution in [2.24, 2.45) is 5.10 Å². The van der Waals surface area contributed by atoms with Crippen LogP contribution in [0.4, 0.5) is 5.82 Å². The molecule has 0 bridgehead atoms. The molecule has 0 spiro atoms. The first-order valence-electron chi connectivity index (χ1n) is 10.7. The van der Waals surface area contributed by atoms with E-state index in [1.54, 1.807) is 18.6 Å². The number of anilines is 1. The fraction of sp³-hybridized carbons (Fsp3) is 0.154. The van der Waals surface area contributed by atoms with E-state index in [9.17, 15) is 4.79 Å². The lowest BCUT2D eigenvalue weighted by atomic mass is 9.96. The molecule has 7 heteroatoms. The Morgan fingerprint density at radius 2 is 1.64 bits per heavy atom. The highest BCUT2D eigenvalue weighted by molar-refractivity contribution is 9.10. The van der Waals surface area contributed by atoms with Gasteiger partial charge in [-0.25, -0.2) is 4.68 Å². The minimum Gasteiger partial charge on any atom is -0.267 e. The SMILES string of the molecule is CC/C=N/Nc1nn(Cc2ccc(Br)cc2)c(=O)c(-c2ccncc2)c1-c1ccc(C)cc1. The van der Waals surface area contributed by atoms with Gasteiger partial charge in [-0.15, -0.1) is 5.10 Å². The molecule has 4 aromatic rings. The van der Waals surface area contributed by atoms with Crippen LogP contribution in [0.2, 0.25) is 0 Å². The molecule has 4 rings (SSSR count). The van der Waals surface area contributed by atoms with Crippen molar-refractivity contribution in [2.45, 2.75) is 26.8 Å². The molecular weight excluding hydrogens is 478 g/mol. The van der Waals surface area contributed by atoms with Crippen LogP contribution in [0.5, 0.6) is 0 Å². The lowest BCUT2D eigenvalue weighted by Gasteiger charge is -2.17. The molecule has 2 aromatic heterocycles. The first kappa shape index (κ1) is 22.6. The molecule has 0 amide bonds. The quantitative estimate of drug-likeness (QED) is 0.252. The Balaban J connectivity index is 1.97. The molecule has 2 heterocycles. The van der Waals surface area contributed by atoms with E-state index in [1.165, 1.54) is 4.68 Å². The van der Waals surface area contributed by atoms with Gasteiger partial charge in [-0.3, -0.25) is 15.2 Å². The lowest BCUT2D eigenvalue weighted by Crippen LogP contribution is -2.27. The summed E-state index contributed by atoms with van der Waals surface area (Å²) in [7, 11) is 0. The molecule has 0 aliphatic carbocycles. The van der Waals surface area contributed by atoms with Crippen LogP contribution in [-0.4, -0.2) is 21.0 Å². The number of benzene rings is 2. The summed E-state index contributed by atoms with van der Waals surface area (Å²) in [5.41, 5.74) is 7.95. The van der Waals surface area contributed by atoms with Crippen LogP contribution >= 0.6 is 15.9 Å². The second kappa shape index (κ2) is 10.4. The van der Waals surface area contributed by atoms with E-state index in [-0.39, 0.29) is 5.56 Å². The molecule has 6 nitrogen and oxygen atoms in total. The minimum absolute atomic E-state index is 0.176. The summed E-state index contributed by atoms with van der Waals surface area (Å²) in [6.07, 6.45) is 5.94. The van der Waals surface area contributed by atoms with Gasteiger partial charge in [-0.05, 0) is 54.3 Å². The number of nitrogens with one attached hydrogen (secondary N) is 1. The molecule has 1 N–H and O–H groups in total. The Morgan fingerprint density at radius 1 is 0.970 bits per heavy atom. The molecular formula is C26H24BrN5O. The van der Waals surface area contributed by atoms with E-state index in [2.05, 4.69) is 31.4 Å². The van der Waals surface area contributed by atoms with Crippen molar-refractivity contribution >= 4 is 28.0 Å². The molecule has 0 aliphatic heterocycles. The van der Waals surface area contributed by atoms with Gasteiger partial charge in [0.25, 0.3) is 5.56 Å². The predicted octanol–water partition coefficient (Wildman–Crippen LogP) is 5.90. The van der Waals surface area contributed by atoms with E-state index in [1.807, 2.05) is 74.5 Å². The zero-order valence-electron chi connectivity index (χ0n) is 18.5. The number of aryl methyl sites for hydroxylation is 1. The third-order valence-corrected chi connectivity index (χ3v) is 5.68. The summed E-state index contributed by atoms with van der Waals surface area (Å²) in [5.74, 6) is 0.520. The Kier molecular flexibility index (Phi) is 7.10. The van der Waals surface area contributed by atoms with E-state index in [0.29, 0.717) is 23.5 Å². The van der Waals surface area contributed by atoms with E-state index >= 15 is 0 Å². The van der Waals surface area contributed by atoms with Gasteiger partial charge in [-0.1, -0.05) is 64.8 Å². The standard InChI is InChI=1S/C26H24BrN5O/c1-3-14-29-30-25-23(20-8-4-18(2)5-9-20)24(21-12-15-28-16-13-21)26(33)32(31-25)17-19-6-10-22(27)11-7-19/h4-16H,3,17H2,1-2H3,(H,30,31)/b29-14+. The van der Waals surface area contributed by atoms with Crippen LogP contribution < -0.4 is 11.0 Å². The van der Waals surface area contributed by atoms with Crippen molar-refractivity contribution in [3.05, 3.63) is 99.0 Å². The third-order valence-electron chi connectivity index (χ3n) is 5.15. The predicted molar refractivity (Wildman–Crippen MR) is 138 cm³/mol. The smallest absolute Gasteiger partial charge is 0.267 e. The van der Waals surface area contributed by atoms with Crippen LogP contribution in [0.15, 0.2) is 87.4 Å². The Labute approximate surface area is 201 Å². The van der Waals surface area contributed by atoms with Gasteiger partial charge < -0.3 is 0 Å². The number of hydrogen-bond acceptors (Lipinski definition) is 5. The van der Waals surface area contributed by atoms with E-state index in [0.717, 1.165) is 33.1 Å². The number of pyridine rings is 1. The molecule has 166 valence electrons. The van der Waals surface area contributed by atoms with Crippen LogP contribution in [-0.2, 0) is 6.54 Å². The number of hydrazone groups is 1. The first-order valence-corrected chi connectivity index (χ1v) is 11.5. The highest BCUT2D eigenvalue weighted by Gasteiger charge is 2.21. The Hall–Kier alpha value is -3.58. The Morgan fingerprint density at radius 3 is 2.30 bits per heavy atom. The van der Waals surface area contributed by atoms with Gasteiger partial charge >= 0.3 is 0 Å². The van der Waals surface area contributed by atoms with E-state index in [4.69, 9.17) is 5.10 Å². The average Bonchev–Trinajstić information content (AvgIpc) is 2.83. The summed E-state index contributed by atoms with van der Waals surface area (Å²) in [6, 6.07) is 19.6. The topological polar surface area (TPSA) is 72.2 Å². The molecule has 0 unspecified atom stereocenters. The summed E-state index contributed by atoms with van der Waals surface area (Å²) >= 11 is 3.46. The van der Waals surface area contributed by atoms with Crippen molar-refractivity contribution < 1.29 is 0 Å².